The van der Waals surface area contributed by atoms with Crippen LogP contribution in [0.3, 0.4) is 0 Å². The average molecular weight is 174 g/mol. The van der Waals surface area contributed by atoms with E-state index in [-0.39, 0.29) is 6.10 Å². The summed E-state index contributed by atoms with van der Waals surface area (Å²) in [6.07, 6.45) is 2.23. The lowest BCUT2D eigenvalue weighted by Gasteiger charge is -2.38. The monoisotopic (exact) mass is 174 g/mol. The molecule has 0 aromatic heterocycles. The molecule has 64 valence electrons. The summed E-state index contributed by atoms with van der Waals surface area (Å²) in [5.74, 6) is 2.71. The second-order valence-corrected chi connectivity index (χ2v) is 4.44. The van der Waals surface area contributed by atoms with Gasteiger partial charge in [-0.3, -0.25) is 0 Å². The van der Waals surface area contributed by atoms with Crippen LogP contribution in [0.25, 0.3) is 0 Å². The van der Waals surface area contributed by atoms with Crippen molar-refractivity contribution in [3.05, 3.63) is 0 Å². The van der Waals surface area contributed by atoms with Crippen LogP contribution in [0.2, 0.25) is 0 Å². The maximum Gasteiger partial charge on any atom is 0.0643 e. The molecule has 2 nitrogen and oxygen atoms in total. The molecule has 3 heteroatoms. The van der Waals surface area contributed by atoms with Crippen LogP contribution in [0.1, 0.15) is 12.8 Å². The zero-order valence-electron chi connectivity index (χ0n) is 6.53. The molecule has 11 heavy (non-hydrogen) atoms. The van der Waals surface area contributed by atoms with Crippen LogP contribution in [0.4, 0.5) is 0 Å². The number of fused-ring (bicyclic) bond motifs is 1. The lowest BCUT2D eigenvalue weighted by Crippen LogP contribution is -2.43. The first-order valence-electron chi connectivity index (χ1n) is 4.25. The van der Waals surface area contributed by atoms with E-state index in [1.807, 2.05) is 11.8 Å². The minimum Gasteiger partial charge on any atom is -0.393 e. The minimum atomic E-state index is -0.0958. The van der Waals surface area contributed by atoms with Gasteiger partial charge in [-0.25, -0.2) is 0 Å². The fourth-order valence-corrected chi connectivity index (χ4v) is 3.13. The summed E-state index contributed by atoms with van der Waals surface area (Å²) in [4.78, 5) is 0. The number of aliphatic hydroxyl groups is 1. The second kappa shape index (κ2) is 3.33. The standard InChI is InChI=1S/C8H14O2S/c9-7-1-3-10-8-2-4-11-5-6(7)8/h6-9H,1-5H2. The highest BCUT2D eigenvalue weighted by molar-refractivity contribution is 7.99. The van der Waals surface area contributed by atoms with E-state index in [9.17, 15) is 5.11 Å². The Morgan fingerprint density at radius 1 is 1.36 bits per heavy atom. The summed E-state index contributed by atoms with van der Waals surface area (Å²) >= 11 is 1.94. The van der Waals surface area contributed by atoms with Gasteiger partial charge in [0, 0.05) is 18.3 Å². The highest BCUT2D eigenvalue weighted by Gasteiger charge is 2.34. The third kappa shape index (κ3) is 1.55. The summed E-state index contributed by atoms with van der Waals surface area (Å²) < 4.78 is 5.58. The molecule has 2 heterocycles. The molecule has 0 aromatic rings. The van der Waals surface area contributed by atoms with Crippen LogP contribution in [0.5, 0.6) is 0 Å². The molecule has 2 aliphatic heterocycles. The Hall–Kier alpha value is 0.270. The van der Waals surface area contributed by atoms with E-state index in [1.165, 1.54) is 5.75 Å². The summed E-state index contributed by atoms with van der Waals surface area (Å²) in [6, 6.07) is 0. The molecule has 0 spiro atoms. The molecule has 2 fully saturated rings. The van der Waals surface area contributed by atoms with Crippen molar-refractivity contribution in [3.8, 4) is 0 Å². The predicted octanol–water partition coefficient (Wildman–Crippen LogP) is 0.889. The first-order valence-corrected chi connectivity index (χ1v) is 5.41. The Morgan fingerprint density at radius 3 is 3.09 bits per heavy atom. The molecular formula is C8H14O2S. The van der Waals surface area contributed by atoms with E-state index in [0.717, 1.165) is 25.2 Å². The fraction of sp³-hybridized carbons (Fsp3) is 1.00. The van der Waals surface area contributed by atoms with Crippen molar-refractivity contribution >= 4 is 11.8 Å². The van der Waals surface area contributed by atoms with Gasteiger partial charge in [0.2, 0.25) is 0 Å². The summed E-state index contributed by atoms with van der Waals surface area (Å²) in [5.41, 5.74) is 0. The van der Waals surface area contributed by atoms with Crippen LogP contribution in [-0.2, 0) is 4.74 Å². The van der Waals surface area contributed by atoms with Crippen molar-refractivity contribution in [2.45, 2.75) is 25.0 Å². The maximum absolute atomic E-state index is 9.61. The van der Waals surface area contributed by atoms with Gasteiger partial charge >= 0.3 is 0 Å². The smallest absolute Gasteiger partial charge is 0.0643 e. The molecule has 3 unspecified atom stereocenters. The average Bonchev–Trinajstić information content (AvgIpc) is 2.06. The molecule has 1 N–H and O–H groups in total. The fourth-order valence-electron chi connectivity index (χ4n) is 1.86. The van der Waals surface area contributed by atoms with E-state index in [2.05, 4.69) is 0 Å². The van der Waals surface area contributed by atoms with E-state index in [1.54, 1.807) is 0 Å². The number of rotatable bonds is 0. The normalized spacial score (nSPS) is 45.0. The number of hydrogen-bond donors (Lipinski definition) is 1. The molecule has 0 aliphatic carbocycles. The molecule has 0 amide bonds. The molecular weight excluding hydrogens is 160 g/mol. The molecule has 0 bridgehead atoms. The topological polar surface area (TPSA) is 29.5 Å². The highest BCUT2D eigenvalue weighted by atomic mass is 32.2. The van der Waals surface area contributed by atoms with Gasteiger partial charge in [0.25, 0.3) is 0 Å². The van der Waals surface area contributed by atoms with Gasteiger partial charge in [-0.1, -0.05) is 0 Å². The molecule has 2 rings (SSSR count). The van der Waals surface area contributed by atoms with Gasteiger partial charge in [-0.15, -0.1) is 0 Å². The van der Waals surface area contributed by atoms with E-state index < -0.39 is 0 Å². The van der Waals surface area contributed by atoms with Crippen LogP contribution < -0.4 is 0 Å². The lowest BCUT2D eigenvalue weighted by molar-refractivity contribution is -0.0857. The van der Waals surface area contributed by atoms with Gasteiger partial charge in [-0.05, 0) is 18.6 Å². The molecule has 0 aromatic carbocycles. The van der Waals surface area contributed by atoms with Crippen molar-refractivity contribution in [1.82, 2.24) is 0 Å². The summed E-state index contributed by atoms with van der Waals surface area (Å²) in [5, 5.41) is 9.61. The number of ether oxygens (including phenoxy) is 1. The van der Waals surface area contributed by atoms with Gasteiger partial charge in [0.15, 0.2) is 0 Å². The Labute approximate surface area is 71.3 Å². The van der Waals surface area contributed by atoms with Crippen molar-refractivity contribution in [2.75, 3.05) is 18.1 Å². The van der Waals surface area contributed by atoms with Crippen molar-refractivity contribution in [2.24, 2.45) is 5.92 Å². The summed E-state index contributed by atoms with van der Waals surface area (Å²) in [7, 11) is 0. The van der Waals surface area contributed by atoms with E-state index >= 15 is 0 Å². The third-order valence-corrected chi connectivity index (χ3v) is 3.72. The lowest BCUT2D eigenvalue weighted by atomic mass is 9.91. The largest absolute Gasteiger partial charge is 0.393 e. The van der Waals surface area contributed by atoms with Crippen molar-refractivity contribution in [1.29, 1.82) is 0 Å². The molecule has 2 saturated heterocycles. The second-order valence-electron chi connectivity index (χ2n) is 3.29. The number of aliphatic hydroxyl groups excluding tert-OH is 1. The Bertz CT molecular complexity index is 138. The first kappa shape index (κ1) is 7.90. The molecule has 2 aliphatic rings. The van der Waals surface area contributed by atoms with Crippen LogP contribution in [0, 0.1) is 5.92 Å². The SMILES string of the molecule is OC1CCOC2CCSCC12. The summed E-state index contributed by atoms with van der Waals surface area (Å²) in [6.45, 7) is 0.757. The Balaban J connectivity index is 1.99. The van der Waals surface area contributed by atoms with Gasteiger partial charge in [0.1, 0.15) is 0 Å². The van der Waals surface area contributed by atoms with Gasteiger partial charge in [-0.2, -0.15) is 11.8 Å². The third-order valence-electron chi connectivity index (χ3n) is 2.57. The van der Waals surface area contributed by atoms with E-state index in [0.29, 0.717) is 12.0 Å². The van der Waals surface area contributed by atoms with Gasteiger partial charge in [0.05, 0.1) is 12.2 Å². The van der Waals surface area contributed by atoms with Crippen molar-refractivity contribution < 1.29 is 9.84 Å². The zero-order valence-corrected chi connectivity index (χ0v) is 7.35. The molecule has 0 radical (unpaired) electrons. The van der Waals surface area contributed by atoms with Crippen LogP contribution in [0.15, 0.2) is 0 Å². The van der Waals surface area contributed by atoms with Crippen LogP contribution >= 0.6 is 11.8 Å². The minimum absolute atomic E-state index is 0.0958. The Kier molecular flexibility index (Phi) is 2.39. The van der Waals surface area contributed by atoms with E-state index in [4.69, 9.17) is 4.74 Å². The number of hydrogen-bond acceptors (Lipinski definition) is 3. The van der Waals surface area contributed by atoms with Gasteiger partial charge < -0.3 is 9.84 Å². The molecule has 0 saturated carbocycles. The Morgan fingerprint density at radius 2 is 2.27 bits per heavy atom. The highest BCUT2D eigenvalue weighted by Crippen LogP contribution is 2.32. The zero-order chi connectivity index (χ0) is 7.68. The van der Waals surface area contributed by atoms with Crippen molar-refractivity contribution in [3.63, 3.8) is 0 Å². The molecule has 3 atom stereocenters. The van der Waals surface area contributed by atoms with Crippen LogP contribution in [-0.4, -0.2) is 35.4 Å². The predicted molar refractivity (Wildman–Crippen MR) is 45.8 cm³/mol. The number of thioether (sulfide) groups is 1. The maximum atomic E-state index is 9.61. The quantitative estimate of drug-likeness (QED) is 0.591. The first-order chi connectivity index (χ1) is 5.38.